The average molecular weight is 178 g/mol. The first kappa shape index (κ1) is 9.78. The third kappa shape index (κ3) is 2.08. The zero-order chi connectivity index (χ0) is 10.0. The quantitative estimate of drug-likeness (QED) is 0.755. The Bertz CT molecular complexity index is 329. The van der Waals surface area contributed by atoms with Crippen LogP contribution in [0.1, 0.15) is 29.5 Å². The van der Waals surface area contributed by atoms with Crippen LogP contribution in [0.2, 0.25) is 0 Å². The van der Waals surface area contributed by atoms with Crippen LogP contribution in [0.15, 0.2) is 18.2 Å². The minimum Gasteiger partial charge on any atom is -0.481 e. The molecule has 0 saturated heterocycles. The molecule has 13 heavy (non-hydrogen) atoms. The number of carboxylic acids is 1. The predicted octanol–water partition coefficient (Wildman–Crippen LogP) is 2.49. The summed E-state index contributed by atoms with van der Waals surface area (Å²) < 4.78 is 0. The van der Waals surface area contributed by atoms with E-state index in [1.54, 1.807) is 6.92 Å². The molecular formula is C11H14O2. The Morgan fingerprint density at radius 3 is 2.38 bits per heavy atom. The third-order valence-corrected chi connectivity index (χ3v) is 2.40. The van der Waals surface area contributed by atoms with Gasteiger partial charge in [-0.05, 0) is 37.5 Å². The van der Waals surface area contributed by atoms with Gasteiger partial charge >= 0.3 is 5.97 Å². The second kappa shape index (κ2) is 3.60. The minimum absolute atomic E-state index is 0.417. The molecule has 2 heteroatoms. The number of aryl methyl sites for hydroxylation is 2. The summed E-state index contributed by atoms with van der Waals surface area (Å²) in [5.41, 5.74) is 3.21. The summed E-state index contributed by atoms with van der Waals surface area (Å²) >= 11 is 0. The van der Waals surface area contributed by atoms with Crippen LogP contribution in [0.3, 0.4) is 0 Å². The largest absolute Gasteiger partial charge is 0.481 e. The Balaban J connectivity index is 3.03. The van der Waals surface area contributed by atoms with Crippen molar-refractivity contribution < 1.29 is 9.90 Å². The molecule has 0 radical (unpaired) electrons. The van der Waals surface area contributed by atoms with Crippen molar-refractivity contribution in [1.29, 1.82) is 0 Å². The second-order valence-corrected chi connectivity index (χ2v) is 3.40. The molecule has 0 spiro atoms. The SMILES string of the molecule is Cc1ccc([C@@H](C)C(=O)O)cc1C. The maximum atomic E-state index is 10.7. The number of carbonyl (C=O) groups is 1. The van der Waals surface area contributed by atoms with Gasteiger partial charge in [-0.25, -0.2) is 0 Å². The molecule has 1 rings (SSSR count). The first-order chi connectivity index (χ1) is 6.02. The van der Waals surface area contributed by atoms with Crippen molar-refractivity contribution in [3.05, 3.63) is 34.9 Å². The van der Waals surface area contributed by atoms with Crippen molar-refractivity contribution in [2.45, 2.75) is 26.7 Å². The summed E-state index contributed by atoms with van der Waals surface area (Å²) in [4.78, 5) is 10.7. The molecule has 1 aromatic rings. The summed E-state index contributed by atoms with van der Waals surface area (Å²) in [6.45, 7) is 5.71. The zero-order valence-corrected chi connectivity index (χ0v) is 8.16. The highest BCUT2D eigenvalue weighted by atomic mass is 16.4. The Labute approximate surface area is 78.2 Å². The number of carboxylic acid groups (broad SMARTS) is 1. The van der Waals surface area contributed by atoms with E-state index < -0.39 is 11.9 Å². The molecule has 0 saturated carbocycles. The summed E-state index contributed by atoms with van der Waals surface area (Å²) in [5, 5.41) is 8.80. The molecule has 0 heterocycles. The molecule has 0 aliphatic heterocycles. The van der Waals surface area contributed by atoms with Crippen LogP contribution in [-0.2, 0) is 4.79 Å². The van der Waals surface area contributed by atoms with E-state index in [0.717, 1.165) is 11.1 Å². The molecule has 1 N–H and O–H groups in total. The zero-order valence-electron chi connectivity index (χ0n) is 8.16. The maximum Gasteiger partial charge on any atom is 0.310 e. The molecule has 0 amide bonds. The smallest absolute Gasteiger partial charge is 0.310 e. The number of rotatable bonds is 2. The Morgan fingerprint density at radius 1 is 1.31 bits per heavy atom. The molecule has 0 bridgehead atoms. The maximum absolute atomic E-state index is 10.7. The van der Waals surface area contributed by atoms with Gasteiger partial charge in [0.2, 0.25) is 0 Å². The monoisotopic (exact) mass is 178 g/mol. The first-order valence-electron chi connectivity index (χ1n) is 4.32. The molecule has 0 aliphatic carbocycles. The number of hydrogen-bond donors (Lipinski definition) is 1. The van der Waals surface area contributed by atoms with Gasteiger partial charge in [-0.15, -0.1) is 0 Å². The predicted molar refractivity (Wildman–Crippen MR) is 52.0 cm³/mol. The van der Waals surface area contributed by atoms with Crippen LogP contribution in [0.25, 0.3) is 0 Å². The normalized spacial score (nSPS) is 12.5. The molecule has 0 aliphatic rings. The van der Waals surface area contributed by atoms with Crippen LogP contribution < -0.4 is 0 Å². The van der Waals surface area contributed by atoms with E-state index in [1.807, 2.05) is 32.0 Å². The number of benzene rings is 1. The lowest BCUT2D eigenvalue weighted by molar-refractivity contribution is -0.138. The van der Waals surface area contributed by atoms with Crippen molar-refractivity contribution in [3.63, 3.8) is 0 Å². The van der Waals surface area contributed by atoms with Crippen molar-refractivity contribution >= 4 is 5.97 Å². The van der Waals surface area contributed by atoms with Crippen molar-refractivity contribution in [3.8, 4) is 0 Å². The minimum atomic E-state index is -0.775. The highest BCUT2D eigenvalue weighted by Crippen LogP contribution is 2.18. The van der Waals surface area contributed by atoms with Gasteiger partial charge in [-0.2, -0.15) is 0 Å². The highest BCUT2D eigenvalue weighted by molar-refractivity contribution is 5.75. The van der Waals surface area contributed by atoms with Gasteiger partial charge in [0.05, 0.1) is 5.92 Å². The van der Waals surface area contributed by atoms with Crippen LogP contribution in [0, 0.1) is 13.8 Å². The Hall–Kier alpha value is -1.31. The van der Waals surface area contributed by atoms with Crippen LogP contribution >= 0.6 is 0 Å². The van der Waals surface area contributed by atoms with E-state index in [4.69, 9.17) is 5.11 Å². The highest BCUT2D eigenvalue weighted by Gasteiger charge is 2.13. The number of hydrogen-bond acceptors (Lipinski definition) is 1. The summed E-state index contributed by atoms with van der Waals surface area (Å²) in [7, 11) is 0. The molecule has 2 nitrogen and oxygen atoms in total. The Kier molecular flexibility index (Phi) is 2.71. The van der Waals surface area contributed by atoms with Crippen molar-refractivity contribution in [1.82, 2.24) is 0 Å². The first-order valence-corrected chi connectivity index (χ1v) is 4.32. The van der Waals surface area contributed by atoms with Gasteiger partial charge in [0, 0.05) is 0 Å². The number of aliphatic carboxylic acids is 1. The molecule has 0 fully saturated rings. The van der Waals surface area contributed by atoms with E-state index in [0.29, 0.717) is 0 Å². The molecule has 1 atom stereocenters. The van der Waals surface area contributed by atoms with Gasteiger partial charge < -0.3 is 5.11 Å². The van der Waals surface area contributed by atoms with Crippen LogP contribution in [0.4, 0.5) is 0 Å². The fraction of sp³-hybridized carbons (Fsp3) is 0.364. The van der Waals surface area contributed by atoms with Gasteiger partial charge in [-0.3, -0.25) is 4.79 Å². The molecule has 70 valence electrons. The van der Waals surface area contributed by atoms with E-state index >= 15 is 0 Å². The second-order valence-electron chi connectivity index (χ2n) is 3.40. The lowest BCUT2D eigenvalue weighted by atomic mass is 9.97. The van der Waals surface area contributed by atoms with Gasteiger partial charge in [0.15, 0.2) is 0 Å². The van der Waals surface area contributed by atoms with Crippen LogP contribution in [0.5, 0.6) is 0 Å². The van der Waals surface area contributed by atoms with E-state index in [1.165, 1.54) is 5.56 Å². The fourth-order valence-corrected chi connectivity index (χ4v) is 1.18. The van der Waals surface area contributed by atoms with Gasteiger partial charge in [-0.1, -0.05) is 18.2 Å². The molecule has 0 aromatic heterocycles. The van der Waals surface area contributed by atoms with Gasteiger partial charge in [0.25, 0.3) is 0 Å². The lowest BCUT2D eigenvalue weighted by Crippen LogP contribution is -2.07. The summed E-state index contributed by atoms with van der Waals surface area (Å²) in [6.07, 6.45) is 0. The van der Waals surface area contributed by atoms with E-state index in [2.05, 4.69) is 0 Å². The molecular weight excluding hydrogens is 164 g/mol. The third-order valence-electron chi connectivity index (χ3n) is 2.40. The van der Waals surface area contributed by atoms with Crippen molar-refractivity contribution in [2.75, 3.05) is 0 Å². The summed E-state index contributed by atoms with van der Waals surface area (Å²) in [5.74, 6) is -1.19. The average Bonchev–Trinajstić information content (AvgIpc) is 2.08. The standard InChI is InChI=1S/C11H14O2/c1-7-4-5-10(6-8(7)2)9(3)11(12)13/h4-6,9H,1-3H3,(H,12,13)/t9-/m1/s1. The fourth-order valence-electron chi connectivity index (χ4n) is 1.18. The Morgan fingerprint density at radius 2 is 1.92 bits per heavy atom. The van der Waals surface area contributed by atoms with E-state index in [9.17, 15) is 4.79 Å². The summed E-state index contributed by atoms with van der Waals surface area (Å²) in [6, 6.07) is 5.78. The van der Waals surface area contributed by atoms with E-state index in [-0.39, 0.29) is 0 Å². The molecule has 0 unspecified atom stereocenters. The lowest BCUT2D eigenvalue weighted by Gasteiger charge is -2.08. The topological polar surface area (TPSA) is 37.3 Å². The van der Waals surface area contributed by atoms with Gasteiger partial charge in [0.1, 0.15) is 0 Å². The van der Waals surface area contributed by atoms with Crippen LogP contribution in [-0.4, -0.2) is 11.1 Å². The molecule has 1 aromatic carbocycles. The van der Waals surface area contributed by atoms with Crippen molar-refractivity contribution in [2.24, 2.45) is 0 Å².